The van der Waals surface area contributed by atoms with Gasteiger partial charge in [0.15, 0.2) is 0 Å². The van der Waals surface area contributed by atoms with Crippen molar-refractivity contribution in [1.82, 2.24) is 4.57 Å². The van der Waals surface area contributed by atoms with Crippen LogP contribution in [-0.2, 0) is 10.8 Å². The van der Waals surface area contributed by atoms with Crippen molar-refractivity contribution in [3.8, 4) is 27.9 Å². The Balaban J connectivity index is 1.01. The minimum atomic E-state index is -0.204. The van der Waals surface area contributed by atoms with Gasteiger partial charge in [-0.3, -0.25) is 0 Å². The lowest BCUT2D eigenvalue weighted by atomic mass is 9.74. The van der Waals surface area contributed by atoms with E-state index < -0.39 is 0 Å². The zero-order chi connectivity index (χ0) is 40.3. The third-order valence-corrected chi connectivity index (χ3v) is 14.3. The molecule has 2 heteroatoms. The maximum atomic E-state index is 2.55. The van der Waals surface area contributed by atoms with Crippen LogP contribution in [0.4, 0.5) is 11.4 Å². The molecule has 1 heterocycles. The highest BCUT2D eigenvalue weighted by Gasteiger charge is 2.45. The maximum absolute atomic E-state index is 2.55. The summed E-state index contributed by atoms with van der Waals surface area (Å²) in [7, 11) is 0. The number of hydrogen-bond donors (Lipinski definition) is 0. The third kappa shape index (κ3) is 5.00. The summed E-state index contributed by atoms with van der Waals surface area (Å²) in [4.78, 5) is 2.55. The smallest absolute Gasteiger partial charge is 0.0543 e. The lowest BCUT2D eigenvalue weighted by Gasteiger charge is -2.36. The average Bonchev–Trinajstić information content (AvgIpc) is 3.83. The summed E-state index contributed by atoms with van der Waals surface area (Å²) in [5.74, 6) is 0.387. The molecule has 3 aliphatic carbocycles. The molecule has 1 atom stereocenters. The van der Waals surface area contributed by atoms with Crippen LogP contribution in [0.15, 0.2) is 194 Å². The molecule has 12 rings (SSSR count). The number of hydrogen-bond acceptors (Lipinski definition) is 1. The first kappa shape index (κ1) is 35.1. The molecule has 0 bridgehead atoms. The van der Waals surface area contributed by atoms with Crippen LogP contribution in [0.3, 0.4) is 0 Å². The highest BCUT2D eigenvalue weighted by Crippen LogP contribution is 2.56. The molecule has 0 fully saturated rings. The van der Waals surface area contributed by atoms with E-state index in [4.69, 9.17) is 0 Å². The Kier molecular flexibility index (Phi) is 7.48. The minimum absolute atomic E-state index is 0.0261. The second kappa shape index (κ2) is 12.8. The lowest BCUT2D eigenvalue weighted by molar-refractivity contribution is 0.406. The van der Waals surface area contributed by atoms with Crippen molar-refractivity contribution in [3.63, 3.8) is 0 Å². The zero-order valence-electron chi connectivity index (χ0n) is 34.6. The van der Waals surface area contributed by atoms with Crippen LogP contribution in [-0.4, -0.2) is 4.57 Å². The standard InChI is InChI=1S/C58H46N2/c1-57(2)49-19-10-7-16-44(49)45-32-30-42(35-51(45)57)59(41-28-26-38(27-29-41)40-25-24-37-14-5-6-15-39(37)34-40)43-31-33-48-52(36-43)58(3,4)50-20-13-23-55(56(48)50)60-53-21-11-8-17-46(53)47-18-9-12-22-54(47)60/h5-34,36,51H,35H2,1-4H3. The van der Waals surface area contributed by atoms with Crippen LogP contribution in [0.2, 0.25) is 0 Å². The van der Waals surface area contributed by atoms with Gasteiger partial charge >= 0.3 is 0 Å². The summed E-state index contributed by atoms with van der Waals surface area (Å²) in [5, 5.41) is 5.10. The molecule has 0 amide bonds. The molecule has 0 radical (unpaired) electrons. The Morgan fingerprint density at radius 2 is 1.15 bits per heavy atom. The van der Waals surface area contributed by atoms with Crippen LogP contribution < -0.4 is 4.90 Å². The Bertz CT molecular complexity index is 3240. The van der Waals surface area contributed by atoms with Gasteiger partial charge in [-0.15, -0.1) is 0 Å². The molecule has 0 saturated carbocycles. The van der Waals surface area contributed by atoms with E-state index in [2.05, 4.69) is 225 Å². The Hall–Kier alpha value is -6.90. The zero-order valence-corrected chi connectivity index (χ0v) is 34.6. The summed E-state index contributed by atoms with van der Waals surface area (Å²) >= 11 is 0. The van der Waals surface area contributed by atoms with Gasteiger partial charge in [0.25, 0.3) is 0 Å². The molecule has 0 spiro atoms. The lowest BCUT2D eigenvalue weighted by Crippen LogP contribution is -2.29. The third-order valence-electron chi connectivity index (χ3n) is 14.3. The Labute approximate surface area is 352 Å². The summed E-state index contributed by atoms with van der Waals surface area (Å²) < 4.78 is 2.49. The van der Waals surface area contributed by atoms with Crippen molar-refractivity contribution in [1.29, 1.82) is 0 Å². The first-order chi connectivity index (χ1) is 29.3. The predicted octanol–water partition coefficient (Wildman–Crippen LogP) is 15.3. The van der Waals surface area contributed by atoms with Gasteiger partial charge in [0.2, 0.25) is 0 Å². The van der Waals surface area contributed by atoms with E-state index >= 15 is 0 Å². The van der Waals surface area contributed by atoms with Crippen LogP contribution in [0.5, 0.6) is 0 Å². The normalized spacial score (nSPS) is 16.9. The Morgan fingerprint density at radius 1 is 0.500 bits per heavy atom. The molecular formula is C58H46N2. The Morgan fingerprint density at radius 3 is 1.93 bits per heavy atom. The van der Waals surface area contributed by atoms with Gasteiger partial charge in [0.05, 0.1) is 16.7 Å². The number of rotatable bonds is 5. The molecule has 0 aliphatic heterocycles. The molecular weight excluding hydrogens is 725 g/mol. The minimum Gasteiger partial charge on any atom is -0.314 e. The maximum Gasteiger partial charge on any atom is 0.0543 e. The first-order valence-electron chi connectivity index (χ1n) is 21.4. The van der Waals surface area contributed by atoms with E-state index in [1.807, 2.05) is 0 Å². The van der Waals surface area contributed by atoms with Crippen molar-refractivity contribution in [2.45, 2.75) is 44.9 Å². The number of allylic oxidation sites excluding steroid dienone is 4. The van der Waals surface area contributed by atoms with Gasteiger partial charge < -0.3 is 9.47 Å². The second-order valence-corrected chi connectivity index (χ2v) is 18.2. The summed E-state index contributed by atoms with van der Waals surface area (Å²) in [6.45, 7) is 9.69. The highest BCUT2D eigenvalue weighted by molar-refractivity contribution is 6.10. The molecule has 2 nitrogen and oxygen atoms in total. The molecule has 288 valence electrons. The fourth-order valence-corrected chi connectivity index (χ4v) is 11.2. The van der Waals surface area contributed by atoms with E-state index in [0.29, 0.717) is 5.92 Å². The number of benzene rings is 8. The number of anilines is 2. The fourth-order valence-electron chi connectivity index (χ4n) is 11.2. The average molecular weight is 771 g/mol. The van der Waals surface area contributed by atoms with Crippen molar-refractivity contribution in [2.24, 2.45) is 5.92 Å². The molecule has 0 N–H and O–H groups in total. The largest absolute Gasteiger partial charge is 0.314 e. The van der Waals surface area contributed by atoms with Crippen molar-refractivity contribution in [2.75, 3.05) is 4.90 Å². The van der Waals surface area contributed by atoms with Crippen LogP contribution >= 0.6 is 0 Å². The van der Waals surface area contributed by atoms with Crippen molar-refractivity contribution < 1.29 is 0 Å². The molecule has 60 heavy (non-hydrogen) atoms. The van der Waals surface area contributed by atoms with E-state index in [1.165, 1.54) is 105 Å². The number of fused-ring (bicyclic) bond motifs is 10. The molecule has 0 saturated heterocycles. The second-order valence-electron chi connectivity index (χ2n) is 18.2. The monoisotopic (exact) mass is 770 g/mol. The van der Waals surface area contributed by atoms with Gasteiger partial charge in [-0.25, -0.2) is 0 Å². The molecule has 1 aromatic heterocycles. The van der Waals surface area contributed by atoms with Crippen LogP contribution in [0, 0.1) is 5.92 Å². The predicted molar refractivity (Wildman–Crippen MR) is 254 cm³/mol. The molecule has 9 aromatic rings. The van der Waals surface area contributed by atoms with E-state index in [1.54, 1.807) is 0 Å². The van der Waals surface area contributed by atoms with Gasteiger partial charge in [-0.2, -0.15) is 0 Å². The topological polar surface area (TPSA) is 8.17 Å². The van der Waals surface area contributed by atoms with E-state index in [9.17, 15) is 0 Å². The van der Waals surface area contributed by atoms with Crippen LogP contribution in [0.25, 0.3) is 66.1 Å². The van der Waals surface area contributed by atoms with Gasteiger partial charge in [0, 0.05) is 38.8 Å². The first-order valence-corrected chi connectivity index (χ1v) is 21.4. The number of aromatic nitrogens is 1. The van der Waals surface area contributed by atoms with Crippen molar-refractivity contribution in [3.05, 3.63) is 216 Å². The van der Waals surface area contributed by atoms with Gasteiger partial charge in [0.1, 0.15) is 0 Å². The summed E-state index contributed by atoms with van der Waals surface area (Å²) in [5.41, 5.74) is 19.4. The molecule has 1 unspecified atom stereocenters. The van der Waals surface area contributed by atoms with Crippen LogP contribution in [0.1, 0.15) is 56.4 Å². The molecule has 8 aromatic carbocycles. The summed E-state index contributed by atoms with van der Waals surface area (Å²) in [6, 6.07) is 65.6. The number of para-hydroxylation sites is 2. The van der Waals surface area contributed by atoms with Gasteiger partial charge in [-0.1, -0.05) is 161 Å². The van der Waals surface area contributed by atoms with E-state index in [0.717, 1.165) is 6.42 Å². The van der Waals surface area contributed by atoms with Gasteiger partial charge in [-0.05, 0) is 128 Å². The van der Waals surface area contributed by atoms with E-state index in [-0.39, 0.29) is 10.8 Å². The van der Waals surface area contributed by atoms with Crippen molar-refractivity contribution >= 4 is 49.5 Å². The fraction of sp³-hybridized carbons (Fsp3) is 0.138. The quantitative estimate of drug-likeness (QED) is 0.169. The SMILES string of the molecule is CC1(C)c2cc(N(C3=CC=C4c5ccccc5C(C)(C)C4C3)c3ccc(-c4ccc5ccccc5c4)cc3)ccc2-c2c(-n3c4ccccc4c4ccccc43)cccc21. The number of nitrogens with zero attached hydrogens (tertiary/aromatic N) is 2. The molecule has 3 aliphatic rings. The highest BCUT2D eigenvalue weighted by atomic mass is 15.2. The summed E-state index contributed by atoms with van der Waals surface area (Å²) in [6.07, 6.45) is 5.77.